The Hall–Kier alpha value is -1.74. The number of aryl methyl sites for hydroxylation is 2. The lowest BCUT2D eigenvalue weighted by Gasteiger charge is -2.09. The van der Waals surface area contributed by atoms with Crippen molar-refractivity contribution in [1.82, 2.24) is 4.98 Å². The number of pyridine rings is 1. The Balaban J connectivity index is 2.34. The van der Waals surface area contributed by atoms with Gasteiger partial charge in [0.2, 0.25) is 5.88 Å². The third kappa shape index (κ3) is 2.68. The van der Waals surface area contributed by atoms with Crippen LogP contribution in [0.15, 0.2) is 30.3 Å². The predicted octanol–water partition coefficient (Wildman–Crippen LogP) is 3.73. The van der Waals surface area contributed by atoms with Gasteiger partial charge < -0.3 is 10.5 Å². The fourth-order valence-corrected chi connectivity index (χ4v) is 1.69. The molecular formula is C13H13ClN2O. The average molecular weight is 249 g/mol. The zero-order chi connectivity index (χ0) is 12.4. The molecule has 0 radical (unpaired) electrons. The average Bonchev–Trinajstić information content (AvgIpc) is 2.27. The van der Waals surface area contributed by atoms with Crippen molar-refractivity contribution in [2.24, 2.45) is 0 Å². The zero-order valence-electron chi connectivity index (χ0n) is 9.70. The maximum atomic E-state index is 6.08. The van der Waals surface area contributed by atoms with Crippen molar-refractivity contribution in [3.8, 4) is 11.6 Å². The highest BCUT2D eigenvalue weighted by Crippen LogP contribution is 2.31. The first-order valence-corrected chi connectivity index (χ1v) is 5.61. The second-order valence-corrected chi connectivity index (χ2v) is 4.29. The first-order valence-electron chi connectivity index (χ1n) is 5.23. The van der Waals surface area contributed by atoms with Crippen LogP contribution in [0.2, 0.25) is 5.02 Å². The SMILES string of the molecule is Cc1ccc(Oc2nc(C)ccc2N)c(Cl)c1. The quantitative estimate of drug-likeness (QED) is 0.881. The fourth-order valence-electron chi connectivity index (χ4n) is 1.42. The standard InChI is InChI=1S/C13H13ClN2O/c1-8-3-6-12(10(14)7-8)17-13-11(15)5-4-9(2)16-13/h3-7H,15H2,1-2H3. The molecule has 2 N–H and O–H groups in total. The first-order chi connectivity index (χ1) is 8.06. The van der Waals surface area contributed by atoms with Crippen LogP contribution in [-0.2, 0) is 0 Å². The van der Waals surface area contributed by atoms with Gasteiger partial charge in [0.1, 0.15) is 5.75 Å². The molecule has 0 amide bonds. The summed E-state index contributed by atoms with van der Waals surface area (Å²) in [6.07, 6.45) is 0. The lowest BCUT2D eigenvalue weighted by molar-refractivity contribution is 0.464. The van der Waals surface area contributed by atoms with Gasteiger partial charge in [-0.25, -0.2) is 4.98 Å². The third-order valence-electron chi connectivity index (χ3n) is 2.32. The van der Waals surface area contributed by atoms with Gasteiger partial charge in [0.15, 0.2) is 0 Å². The molecule has 88 valence electrons. The van der Waals surface area contributed by atoms with Crippen LogP contribution in [0.1, 0.15) is 11.3 Å². The topological polar surface area (TPSA) is 48.1 Å². The number of hydrogen-bond acceptors (Lipinski definition) is 3. The maximum absolute atomic E-state index is 6.08. The van der Waals surface area contributed by atoms with Gasteiger partial charge in [-0.05, 0) is 43.7 Å². The molecule has 2 rings (SSSR count). The van der Waals surface area contributed by atoms with Crippen molar-refractivity contribution in [3.63, 3.8) is 0 Å². The number of aromatic nitrogens is 1. The monoisotopic (exact) mass is 248 g/mol. The molecule has 0 unspecified atom stereocenters. The Morgan fingerprint density at radius 1 is 1.18 bits per heavy atom. The van der Waals surface area contributed by atoms with E-state index in [0.29, 0.717) is 22.3 Å². The second-order valence-electron chi connectivity index (χ2n) is 3.88. The third-order valence-corrected chi connectivity index (χ3v) is 2.62. The van der Waals surface area contributed by atoms with E-state index in [-0.39, 0.29) is 0 Å². The van der Waals surface area contributed by atoms with E-state index >= 15 is 0 Å². The highest BCUT2D eigenvalue weighted by molar-refractivity contribution is 6.32. The molecule has 0 saturated carbocycles. The van der Waals surface area contributed by atoms with Crippen molar-refractivity contribution in [2.75, 3.05) is 5.73 Å². The van der Waals surface area contributed by atoms with E-state index in [1.165, 1.54) is 0 Å². The normalized spacial score (nSPS) is 10.3. The molecule has 0 aliphatic rings. The molecule has 0 saturated heterocycles. The molecule has 2 aromatic rings. The van der Waals surface area contributed by atoms with Crippen LogP contribution in [0, 0.1) is 13.8 Å². The largest absolute Gasteiger partial charge is 0.435 e. The lowest BCUT2D eigenvalue weighted by atomic mass is 10.2. The smallest absolute Gasteiger partial charge is 0.242 e. The molecule has 0 spiro atoms. The number of benzene rings is 1. The minimum absolute atomic E-state index is 0.385. The van der Waals surface area contributed by atoms with Crippen molar-refractivity contribution >= 4 is 17.3 Å². The zero-order valence-corrected chi connectivity index (χ0v) is 10.5. The van der Waals surface area contributed by atoms with Gasteiger partial charge in [0, 0.05) is 5.69 Å². The predicted molar refractivity (Wildman–Crippen MR) is 69.6 cm³/mol. The van der Waals surface area contributed by atoms with Gasteiger partial charge in [-0.1, -0.05) is 17.7 Å². The summed E-state index contributed by atoms with van der Waals surface area (Å²) in [5.74, 6) is 0.942. The van der Waals surface area contributed by atoms with E-state index in [0.717, 1.165) is 11.3 Å². The van der Waals surface area contributed by atoms with Crippen LogP contribution in [0.3, 0.4) is 0 Å². The molecule has 3 nitrogen and oxygen atoms in total. The highest BCUT2D eigenvalue weighted by atomic mass is 35.5. The van der Waals surface area contributed by atoms with Crippen LogP contribution in [0.25, 0.3) is 0 Å². The Kier molecular flexibility index (Phi) is 3.20. The van der Waals surface area contributed by atoms with Crippen LogP contribution < -0.4 is 10.5 Å². The molecule has 17 heavy (non-hydrogen) atoms. The number of halogens is 1. The number of anilines is 1. The van der Waals surface area contributed by atoms with Crippen LogP contribution >= 0.6 is 11.6 Å². The van der Waals surface area contributed by atoms with Gasteiger partial charge in [0.25, 0.3) is 0 Å². The number of nitrogens with two attached hydrogens (primary N) is 1. The fraction of sp³-hybridized carbons (Fsp3) is 0.154. The Morgan fingerprint density at radius 2 is 1.94 bits per heavy atom. The first kappa shape index (κ1) is 11.7. The highest BCUT2D eigenvalue weighted by Gasteiger charge is 2.07. The molecule has 1 aromatic carbocycles. The summed E-state index contributed by atoms with van der Waals surface area (Å²) in [5, 5.41) is 0.549. The number of rotatable bonds is 2. The van der Waals surface area contributed by atoms with E-state index in [1.54, 1.807) is 12.1 Å². The number of nitrogens with zero attached hydrogens (tertiary/aromatic N) is 1. The van der Waals surface area contributed by atoms with E-state index < -0.39 is 0 Å². The van der Waals surface area contributed by atoms with Gasteiger partial charge in [0.05, 0.1) is 10.7 Å². The van der Waals surface area contributed by atoms with Gasteiger partial charge in [-0.2, -0.15) is 0 Å². The van der Waals surface area contributed by atoms with Gasteiger partial charge in [-0.15, -0.1) is 0 Å². The molecule has 0 atom stereocenters. The summed E-state index contributed by atoms with van der Waals surface area (Å²) in [4.78, 5) is 4.23. The van der Waals surface area contributed by atoms with E-state index in [4.69, 9.17) is 22.1 Å². The van der Waals surface area contributed by atoms with Crippen LogP contribution in [-0.4, -0.2) is 4.98 Å². The van der Waals surface area contributed by atoms with E-state index in [1.807, 2.05) is 32.0 Å². The number of nitrogen functional groups attached to an aromatic ring is 1. The summed E-state index contributed by atoms with van der Waals surface area (Å²) in [7, 11) is 0. The Labute approximate surface area is 105 Å². The van der Waals surface area contributed by atoms with E-state index in [9.17, 15) is 0 Å². The van der Waals surface area contributed by atoms with Crippen molar-refractivity contribution < 1.29 is 4.74 Å². The summed E-state index contributed by atoms with van der Waals surface area (Å²) < 4.78 is 5.61. The molecule has 0 aliphatic heterocycles. The second kappa shape index (κ2) is 4.63. The number of hydrogen-bond donors (Lipinski definition) is 1. The van der Waals surface area contributed by atoms with Crippen molar-refractivity contribution in [2.45, 2.75) is 13.8 Å². The van der Waals surface area contributed by atoms with Crippen molar-refractivity contribution in [1.29, 1.82) is 0 Å². The Morgan fingerprint density at radius 3 is 2.65 bits per heavy atom. The molecule has 1 heterocycles. The van der Waals surface area contributed by atoms with Gasteiger partial charge >= 0.3 is 0 Å². The van der Waals surface area contributed by atoms with Gasteiger partial charge in [-0.3, -0.25) is 0 Å². The number of ether oxygens (including phenoxy) is 1. The van der Waals surface area contributed by atoms with Crippen LogP contribution in [0.5, 0.6) is 11.6 Å². The summed E-state index contributed by atoms with van der Waals surface area (Å²) in [6, 6.07) is 9.16. The summed E-state index contributed by atoms with van der Waals surface area (Å²) in [5.41, 5.74) is 8.20. The maximum Gasteiger partial charge on any atom is 0.242 e. The van der Waals surface area contributed by atoms with Crippen LogP contribution in [0.4, 0.5) is 5.69 Å². The molecule has 0 aliphatic carbocycles. The molecular weight excluding hydrogens is 236 g/mol. The minimum atomic E-state index is 0.385. The molecule has 0 fully saturated rings. The lowest BCUT2D eigenvalue weighted by Crippen LogP contribution is -1.96. The summed E-state index contributed by atoms with van der Waals surface area (Å²) >= 11 is 6.08. The molecule has 0 bridgehead atoms. The molecule has 1 aromatic heterocycles. The Bertz CT molecular complexity index is 555. The van der Waals surface area contributed by atoms with Crippen molar-refractivity contribution in [3.05, 3.63) is 46.6 Å². The summed E-state index contributed by atoms with van der Waals surface area (Å²) in [6.45, 7) is 3.85. The minimum Gasteiger partial charge on any atom is -0.435 e. The van der Waals surface area contributed by atoms with E-state index in [2.05, 4.69) is 4.98 Å². The molecule has 4 heteroatoms.